The summed E-state index contributed by atoms with van der Waals surface area (Å²) in [6.45, 7) is 1.93. The molecule has 1 unspecified atom stereocenters. The predicted octanol–water partition coefficient (Wildman–Crippen LogP) is 5.80. The number of hydrogen-bond donors (Lipinski definition) is 2. The second-order valence-electron chi connectivity index (χ2n) is 6.88. The van der Waals surface area contributed by atoms with Gasteiger partial charge in [0.25, 0.3) is 0 Å². The van der Waals surface area contributed by atoms with Crippen molar-refractivity contribution in [3.05, 3.63) is 88.8 Å². The van der Waals surface area contributed by atoms with E-state index in [0.717, 1.165) is 22.0 Å². The van der Waals surface area contributed by atoms with Crippen molar-refractivity contribution in [3.63, 3.8) is 0 Å². The van der Waals surface area contributed by atoms with Crippen LogP contribution in [-0.4, -0.2) is 15.1 Å². The van der Waals surface area contributed by atoms with E-state index < -0.39 is 6.10 Å². The van der Waals surface area contributed by atoms with Crippen molar-refractivity contribution >= 4 is 34.1 Å². The summed E-state index contributed by atoms with van der Waals surface area (Å²) in [4.78, 5) is 8.82. The van der Waals surface area contributed by atoms with E-state index in [1.165, 1.54) is 12.1 Å². The van der Waals surface area contributed by atoms with Gasteiger partial charge >= 0.3 is 0 Å². The third-order valence-electron chi connectivity index (χ3n) is 4.56. The monoisotopic (exact) mass is 423 g/mol. The lowest BCUT2D eigenvalue weighted by Gasteiger charge is -2.11. The van der Waals surface area contributed by atoms with Gasteiger partial charge in [-0.1, -0.05) is 29.8 Å². The molecular formula is C23H19ClFN3O2. The van der Waals surface area contributed by atoms with Gasteiger partial charge in [0.1, 0.15) is 18.2 Å². The molecule has 5 nitrogen and oxygen atoms in total. The lowest BCUT2D eigenvalue weighted by atomic mass is 10.1. The summed E-state index contributed by atoms with van der Waals surface area (Å²) in [6.07, 6.45) is 1.16. The van der Waals surface area contributed by atoms with Crippen LogP contribution in [0.4, 0.5) is 16.0 Å². The van der Waals surface area contributed by atoms with Crippen molar-refractivity contribution in [2.75, 3.05) is 5.32 Å². The number of hydrogen-bond acceptors (Lipinski definition) is 5. The lowest BCUT2D eigenvalue weighted by molar-refractivity contribution is 0.199. The topological polar surface area (TPSA) is 67.3 Å². The minimum atomic E-state index is -0.545. The molecule has 3 aromatic carbocycles. The molecule has 7 heteroatoms. The molecule has 30 heavy (non-hydrogen) atoms. The minimum absolute atomic E-state index is 0.215. The SMILES string of the molecule is CC(O)c1ccc2nc(Nc3ccc(OCc4cccc(F)c4)c(Cl)c3)ncc2c1. The molecule has 0 aliphatic rings. The first-order valence-electron chi connectivity index (χ1n) is 9.36. The molecule has 0 saturated heterocycles. The van der Waals surface area contributed by atoms with Crippen molar-refractivity contribution in [1.82, 2.24) is 9.97 Å². The Morgan fingerprint density at radius 3 is 2.77 bits per heavy atom. The number of ether oxygens (including phenoxy) is 1. The fourth-order valence-electron chi connectivity index (χ4n) is 2.98. The van der Waals surface area contributed by atoms with Crippen LogP contribution in [0.3, 0.4) is 0 Å². The Morgan fingerprint density at radius 1 is 1.13 bits per heavy atom. The van der Waals surface area contributed by atoms with Gasteiger partial charge in [0.15, 0.2) is 0 Å². The molecule has 0 saturated carbocycles. The lowest BCUT2D eigenvalue weighted by Crippen LogP contribution is -1.99. The number of nitrogens with zero attached hydrogens (tertiary/aromatic N) is 2. The molecule has 4 aromatic rings. The molecular weight excluding hydrogens is 405 g/mol. The smallest absolute Gasteiger partial charge is 0.227 e. The normalized spacial score (nSPS) is 12.0. The average molecular weight is 424 g/mol. The van der Waals surface area contributed by atoms with Crippen LogP contribution in [-0.2, 0) is 6.61 Å². The molecule has 1 heterocycles. The summed E-state index contributed by atoms with van der Waals surface area (Å²) in [6, 6.07) is 17.0. The fourth-order valence-corrected chi connectivity index (χ4v) is 3.22. The van der Waals surface area contributed by atoms with Crippen molar-refractivity contribution in [3.8, 4) is 5.75 Å². The van der Waals surface area contributed by atoms with E-state index in [0.29, 0.717) is 22.4 Å². The molecule has 0 bridgehead atoms. The highest BCUT2D eigenvalue weighted by molar-refractivity contribution is 6.32. The zero-order chi connectivity index (χ0) is 21.1. The Bertz CT molecular complexity index is 1200. The van der Waals surface area contributed by atoms with Crippen LogP contribution < -0.4 is 10.1 Å². The van der Waals surface area contributed by atoms with Crippen molar-refractivity contribution < 1.29 is 14.2 Å². The van der Waals surface area contributed by atoms with Crippen molar-refractivity contribution in [2.24, 2.45) is 0 Å². The van der Waals surface area contributed by atoms with Gasteiger partial charge in [0.2, 0.25) is 5.95 Å². The van der Waals surface area contributed by atoms with Gasteiger partial charge in [0.05, 0.1) is 16.6 Å². The summed E-state index contributed by atoms with van der Waals surface area (Å²) in [5.41, 5.74) is 3.00. The van der Waals surface area contributed by atoms with Crippen LogP contribution in [0.1, 0.15) is 24.2 Å². The Morgan fingerprint density at radius 2 is 2.00 bits per heavy atom. The van der Waals surface area contributed by atoms with Crippen LogP contribution in [0.25, 0.3) is 10.9 Å². The molecule has 0 aliphatic heterocycles. The summed E-state index contributed by atoms with van der Waals surface area (Å²) < 4.78 is 19.0. The Kier molecular flexibility index (Phi) is 5.79. The summed E-state index contributed by atoms with van der Waals surface area (Å²) in [5.74, 6) is 0.618. The van der Waals surface area contributed by atoms with E-state index >= 15 is 0 Å². The molecule has 4 rings (SSSR count). The van der Waals surface area contributed by atoms with Gasteiger partial charge in [-0.25, -0.2) is 14.4 Å². The standard InChI is InChI=1S/C23H19ClFN3O2/c1-14(29)16-5-7-21-17(10-16)12-26-23(28-21)27-19-6-8-22(20(24)11-19)30-13-15-3-2-4-18(25)9-15/h2-12,14,29H,13H2,1H3,(H,26,27,28). The first-order valence-corrected chi connectivity index (χ1v) is 9.74. The van der Waals surface area contributed by atoms with Crippen LogP contribution in [0.15, 0.2) is 66.9 Å². The molecule has 0 amide bonds. The minimum Gasteiger partial charge on any atom is -0.487 e. The van der Waals surface area contributed by atoms with Crippen molar-refractivity contribution in [2.45, 2.75) is 19.6 Å². The van der Waals surface area contributed by atoms with Crippen LogP contribution >= 0.6 is 11.6 Å². The molecule has 1 atom stereocenters. The fraction of sp³-hybridized carbons (Fsp3) is 0.130. The molecule has 1 aromatic heterocycles. The molecule has 0 aliphatic carbocycles. The second kappa shape index (κ2) is 8.65. The number of fused-ring (bicyclic) bond motifs is 1. The molecule has 0 fully saturated rings. The maximum absolute atomic E-state index is 13.3. The Balaban J connectivity index is 1.47. The Labute approximate surface area is 178 Å². The van der Waals surface area contributed by atoms with Gasteiger partial charge in [-0.15, -0.1) is 0 Å². The first-order chi connectivity index (χ1) is 14.5. The predicted molar refractivity (Wildman–Crippen MR) is 116 cm³/mol. The van der Waals surface area contributed by atoms with E-state index in [1.807, 2.05) is 18.2 Å². The summed E-state index contributed by atoms with van der Waals surface area (Å²) in [5, 5.41) is 14.1. The highest BCUT2D eigenvalue weighted by Crippen LogP contribution is 2.29. The van der Waals surface area contributed by atoms with E-state index in [9.17, 15) is 9.50 Å². The maximum Gasteiger partial charge on any atom is 0.227 e. The molecule has 0 spiro atoms. The molecule has 2 N–H and O–H groups in total. The summed E-state index contributed by atoms with van der Waals surface area (Å²) in [7, 11) is 0. The maximum atomic E-state index is 13.3. The van der Waals surface area contributed by atoms with Gasteiger partial charge in [-0.2, -0.15) is 0 Å². The van der Waals surface area contributed by atoms with E-state index in [2.05, 4.69) is 15.3 Å². The number of anilines is 2. The van der Waals surface area contributed by atoms with Crippen LogP contribution in [0.5, 0.6) is 5.75 Å². The van der Waals surface area contributed by atoms with Gasteiger partial charge in [0, 0.05) is 17.3 Å². The molecule has 152 valence electrons. The van der Waals surface area contributed by atoms with Crippen LogP contribution in [0, 0.1) is 5.82 Å². The highest BCUT2D eigenvalue weighted by Gasteiger charge is 2.08. The third kappa shape index (κ3) is 4.67. The number of aliphatic hydroxyl groups excluding tert-OH is 1. The third-order valence-corrected chi connectivity index (χ3v) is 4.85. The average Bonchev–Trinajstić information content (AvgIpc) is 2.73. The summed E-state index contributed by atoms with van der Waals surface area (Å²) >= 11 is 6.33. The largest absolute Gasteiger partial charge is 0.487 e. The zero-order valence-electron chi connectivity index (χ0n) is 16.1. The van der Waals surface area contributed by atoms with E-state index in [-0.39, 0.29) is 12.4 Å². The Hall–Kier alpha value is -3.22. The number of nitrogens with one attached hydrogen (secondary N) is 1. The number of aromatic nitrogens is 2. The number of benzene rings is 3. The highest BCUT2D eigenvalue weighted by atomic mass is 35.5. The van der Waals surface area contributed by atoms with Gasteiger partial charge in [-0.05, 0) is 60.5 Å². The number of halogens is 2. The van der Waals surface area contributed by atoms with Gasteiger partial charge in [-0.3, -0.25) is 0 Å². The van der Waals surface area contributed by atoms with E-state index in [1.54, 1.807) is 43.5 Å². The number of rotatable bonds is 6. The van der Waals surface area contributed by atoms with Crippen LogP contribution in [0.2, 0.25) is 5.02 Å². The first kappa shape index (κ1) is 20.1. The second-order valence-corrected chi connectivity index (χ2v) is 7.28. The van der Waals surface area contributed by atoms with E-state index in [4.69, 9.17) is 16.3 Å². The number of aliphatic hydroxyl groups is 1. The molecule has 0 radical (unpaired) electrons. The van der Waals surface area contributed by atoms with Gasteiger partial charge < -0.3 is 15.2 Å². The van der Waals surface area contributed by atoms with Crippen molar-refractivity contribution in [1.29, 1.82) is 0 Å². The quantitative estimate of drug-likeness (QED) is 0.410. The zero-order valence-corrected chi connectivity index (χ0v) is 16.9.